The lowest BCUT2D eigenvalue weighted by molar-refractivity contribution is -0.136. The summed E-state index contributed by atoms with van der Waals surface area (Å²) in [6, 6.07) is -0.390. The van der Waals surface area contributed by atoms with E-state index in [1.165, 1.54) is 32.1 Å². The molecule has 3 fully saturated rings. The van der Waals surface area contributed by atoms with Crippen molar-refractivity contribution in [2.75, 3.05) is 13.1 Å². The molecule has 5 heteroatoms. The first-order valence-corrected chi connectivity index (χ1v) is 7.77. The fraction of sp³-hybridized carbons (Fsp3) is 0.867. The molecule has 0 aromatic heterocycles. The van der Waals surface area contributed by atoms with Crippen LogP contribution in [0.15, 0.2) is 0 Å². The Balaban J connectivity index is 1.56. The van der Waals surface area contributed by atoms with E-state index in [1.807, 2.05) is 0 Å². The first kappa shape index (κ1) is 13.9. The van der Waals surface area contributed by atoms with Gasteiger partial charge in [0.2, 0.25) is 11.8 Å². The van der Waals surface area contributed by atoms with E-state index >= 15 is 0 Å². The predicted octanol–water partition coefficient (Wildman–Crippen LogP) is 0.775. The highest BCUT2D eigenvalue weighted by atomic mass is 16.2. The van der Waals surface area contributed by atoms with Crippen molar-refractivity contribution in [1.82, 2.24) is 10.2 Å². The van der Waals surface area contributed by atoms with Crippen LogP contribution in [0, 0.1) is 5.41 Å². The highest BCUT2D eigenvalue weighted by molar-refractivity contribution is 5.88. The van der Waals surface area contributed by atoms with Gasteiger partial charge in [-0.1, -0.05) is 6.92 Å². The molecule has 0 aromatic rings. The lowest BCUT2D eigenvalue weighted by Crippen LogP contribution is -2.51. The van der Waals surface area contributed by atoms with Gasteiger partial charge in [-0.3, -0.25) is 9.59 Å². The van der Waals surface area contributed by atoms with Crippen LogP contribution in [0.1, 0.15) is 51.9 Å². The minimum Gasteiger partial charge on any atom is -0.368 e. The van der Waals surface area contributed by atoms with Crippen molar-refractivity contribution in [2.45, 2.75) is 63.5 Å². The molecule has 2 aliphatic carbocycles. The summed E-state index contributed by atoms with van der Waals surface area (Å²) in [5.74, 6) is -0.343. The van der Waals surface area contributed by atoms with Crippen molar-refractivity contribution in [1.29, 1.82) is 0 Å². The van der Waals surface area contributed by atoms with Crippen LogP contribution in [0.2, 0.25) is 0 Å². The van der Waals surface area contributed by atoms with Crippen LogP contribution in [-0.2, 0) is 9.59 Å². The zero-order valence-electron chi connectivity index (χ0n) is 12.3. The second-order valence-electron chi connectivity index (χ2n) is 7.27. The SMILES string of the molecule is CC12CCC(NCC(=O)N3CCCC3C(N)=O)(CC1)C2. The van der Waals surface area contributed by atoms with Gasteiger partial charge < -0.3 is 16.0 Å². The van der Waals surface area contributed by atoms with Crippen molar-refractivity contribution in [3.63, 3.8) is 0 Å². The summed E-state index contributed by atoms with van der Waals surface area (Å²) in [7, 11) is 0. The molecule has 1 saturated heterocycles. The van der Waals surface area contributed by atoms with Gasteiger partial charge in [0.25, 0.3) is 0 Å². The van der Waals surface area contributed by atoms with E-state index in [1.54, 1.807) is 4.90 Å². The van der Waals surface area contributed by atoms with Gasteiger partial charge in [0.1, 0.15) is 6.04 Å². The van der Waals surface area contributed by atoms with E-state index in [-0.39, 0.29) is 23.4 Å². The molecule has 3 N–H and O–H groups in total. The molecule has 3 aliphatic rings. The van der Waals surface area contributed by atoms with Gasteiger partial charge >= 0.3 is 0 Å². The third-order valence-electron chi connectivity index (χ3n) is 5.70. The van der Waals surface area contributed by atoms with E-state index < -0.39 is 0 Å². The lowest BCUT2D eigenvalue weighted by Gasteiger charge is -2.30. The van der Waals surface area contributed by atoms with Gasteiger partial charge in [0.15, 0.2) is 0 Å². The molecule has 0 aromatic carbocycles. The van der Waals surface area contributed by atoms with E-state index in [2.05, 4.69) is 12.2 Å². The number of rotatable bonds is 4. The Morgan fingerprint density at radius 3 is 2.55 bits per heavy atom. The number of carbonyl (C=O) groups excluding carboxylic acids is 2. The first-order chi connectivity index (χ1) is 9.43. The molecule has 112 valence electrons. The molecule has 5 nitrogen and oxygen atoms in total. The number of amides is 2. The smallest absolute Gasteiger partial charge is 0.240 e. The molecule has 2 saturated carbocycles. The molecular formula is C15H25N3O2. The average Bonchev–Trinajstić information content (AvgIpc) is 3.07. The zero-order valence-corrected chi connectivity index (χ0v) is 12.3. The van der Waals surface area contributed by atoms with E-state index in [9.17, 15) is 9.59 Å². The first-order valence-electron chi connectivity index (χ1n) is 7.77. The molecule has 3 rings (SSSR count). The standard InChI is InChI=1S/C15H25N3O2/c1-14-4-6-15(10-14,7-5-14)17-9-12(19)18-8-2-3-11(18)13(16)20/h11,17H,2-10H2,1H3,(H2,16,20). The number of fused-ring (bicyclic) bond motifs is 2. The molecule has 1 heterocycles. The van der Waals surface area contributed by atoms with Gasteiger partial charge in [0.05, 0.1) is 6.54 Å². The van der Waals surface area contributed by atoms with Crippen molar-refractivity contribution in [2.24, 2.45) is 11.1 Å². The number of nitrogens with two attached hydrogens (primary N) is 1. The molecule has 2 bridgehead atoms. The van der Waals surface area contributed by atoms with Gasteiger partial charge in [-0.2, -0.15) is 0 Å². The van der Waals surface area contributed by atoms with Crippen LogP contribution in [0.4, 0.5) is 0 Å². The van der Waals surface area contributed by atoms with E-state index in [0.717, 1.165) is 6.42 Å². The van der Waals surface area contributed by atoms with E-state index in [0.29, 0.717) is 24.9 Å². The number of nitrogens with one attached hydrogen (secondary N) is 1. The molecule has 0 radical (unpaired) electrons. The van der Waals surface area contributed by atoms with Gasteiger partial charge in [-0.15, -0.1) is 0 Å². The summed E-state index contributed by atoms with van der Waals surface area (Å²) in [6.45, 7) is 3.37. The topological polar surface area (TPSA) is 75.4 Å². The van der Waals surface area contributed by atoms with Crippen molar-refractivity contribution >= 4 is 11.8 Å². The molecule has 0 spiro atoms. The van der Waals surface area contributed by atoms with Crippen molar-refractivity contribution in [3.05, 3.63) is 0 Å². The third-order valence-corrected chi connectivity index (χ3v) is 5.70. The second-order valence-corrected chi connectivity index (χ2v) is 7.27. The monoisotopic (exact) mass is 279 g/mol. The number of hydrogen-bond donors (Lipinski definition) is 2. The predicted molar refractivity (Wildman–Crippen MR) is 75.9 cm³/mol. The van der Waals surface area contributed by atoms with Crippen LogP contribution < -0.4 is 11.1 Å². The zero-order chi connectivity index (χ0) is 14.4. The Bertz CT molecular complexity index is 427. The molecule has 20 heavy (non-hydrogen) atoms. The van der Waals surface area contributed by atoms with Gasteiger partial charge in [-0.05, 0) is 50.4 Å². The highest BCUT2D eigenvalue weighted by Gasteiger charge is 2.51. The van der Waals surface area contributed by atoms with Crippen molar-refractivity contribution in [3.8, 4) is 0 Å². The largest absolute Gasteiger partial charge is 0.368 e. The van der Waals surface area contributed by atoms with Crippen LogP contribution in [-0.4, -0.2) is 41.4 Å². The lowest BCUT2D eigenvalue weighted by atomic mass is 9.86. The second kappa shape index (κ2) is 4.72. The number of hydrogen-bond acceptors (Lipinski definition) is 3. The number of carbonyl (C=O) groups is 2. The Kier molecular flexibility index (Phi) is 3.27. The summed E-state index contributed by atoms with van der Waals surface area (Å²) < 4.78 is 0. The molecule has 1 aliphatic heterocycles. The number of nitrogens with zero attached hydrogens (tertiary/aromatic N) is 1. The molecule has 1 atom stereocenters. The quantitative estimate of drug-likeness (QED) is 0.798. The normalized spacial score (nSPS) is 39.5. The Hall–Kier alpha value is -1.10. The Labute approximate surface area is 120 Å². The Morgan fingerprint density at radius 2 is 2.00 bits per heavy atom. The maximum atomic E-state index is 12.3. The van der Waals surface area contributed by atoms with Crippen LogP contribution in [0.3, 0.4) is 0 Å². The summed E-state index contributed by atoms with van der Waals surface area (Å²) in [5.41, 5.74) is 6.03. The number of likely N-dealkylation sites (tertiary alicyclic amines) is 1. The van der Waals surface area contributed by atoms with Crippen LogP contribution in [0.5, 0.6) is 0 Å². The molecule has 1 unspecified atom stereocenters. The van der Waals surface area contributed by atoms with Crippen LogP contribution >= 0.6 is 0 Å². The molecular weight excluding hydrogens is 254 g/mol. The van der Waals surface area contributed by atoms with Gasteiger partial charge in [0, 0.05) is 12.1 Å². The average molecular weight is 279 g/mol. The Morgan fingerprint density at radius 1 is 1.30 bits per heavy atom. The fourth-order valence-electron chi connectivity index (χ4n) is 4.47. The van der Waals surface area contributed by atoms with Crippen LogP contribution in [0.25, 0.3) is 0 Å². The van der Waals surface area contributed by atoms with Gasteiger partial charge in [-0.25, -0.2) is 0 Å². The highest BCUT2D eigenvalue weighted by Crippen LogP contribution is 2.55. The minimum atomic E-state index is -0.390. The van der Waals surface area contributed by atoms with Crippen molar-refractivity contribution < 1.29 is 9.59 Å². The minimum absolute atomic E-state index is 0.0289. The number of primary amides is 1. The summed E-state index contributed by atoms with van der Waals surface area (Å²) in [5, 5.41) is 3.50. The third kappa shape index (κ3) is 2.32. The summed E-state index contributed by atoms with van der Waals surface area (Å²) in [6.07, 6.45) is 7.66. The van der Waals surface area contributed by atoms with E-state index in [4.69, 9.17) is 5.73 Å². The fourth-order valence-corrected chi connectivity index (χ4v) is 4.47. The maximum Gasteiger partial charge on any atom is 0.240 e. The summed E-state index contributed by atoms with van der Waals surface area (Å²) in [4.78, 5) is 25.3. The maximum absolute atomic E-state index is 12.3. The summed E-state index contributed by atoms with van der Waals surface area (Å²) >= 11 is 0. The molecule has 2 amide bonds.